The number of benzene rings is 1. The van der Waals surface area contributed by atoms with Crippen LogP contribution in [0.15, 0.2) is 24.3 Å². The molecule has 1 aromatic heterocycles. The van der Waals surface area contributed by atoms with Crippen LogP contribution in [0.2, 0.25) is 0 Å². The summed E-state index contributed by atoms with van der Waals surface area (Å²) in [7, 11) is 1.98. The normalized spacial score (nSPS) is 10.8. The van der Waals surface area contributed by atoms with Crippen molar-refractivity contribution in [1.29, 1.82) is 0 Å². The fourth-order valence-corrected chi connectivity index (χ4v) is 2.06. The van der Waals surface area contributed by atoms with Crippen molar-refractivity contribution >= 4 is 0 Å². The largest absolute Gasteiger partial charge is 0.330 e. The van der Waals surface area contributed by atoms with Crippen molar-refractivity contribution in [2.45, 2.75) is 20.3 Å². The van der Waals surface area contributed by atoms with E-state index in [0.29, 0.717) is 6.54 Å². The Kier molecular flexibility index (Phi) is 3.29. The molecule has 1 aromatic carbocycles. The quantitative estimate of drug-likeness (QED) is 0.877. The van der Waals surface area contributed by atoms with E-state index in [9.17, 15) is 0 Å². The molecule has 0 aliphatic rings. The predicted molar refractivity (Wildman–Crippen MR) is 70.9 cm³/mol. The van der Waals surface area contributed by atoms with E-state index in [0.717, 1.165) is 17.8 Å². The lowest BCUT2D eigenvalue weighted by Gasteiger charge is -2.07. The van der Waals surface area contributed by atoms with Gasteiger partial charge in [0.2, 0.25) is 0 Å². The standard InChI is InChI=1S/C14H19N3/c1-10-4-5-11(2)13(8-10)14-9-12(6-7-15)16-17(14)3/h4-5,8-9H,6-7,15H2,1-3H3. The average Bonchev–Trinajstić information content (AvgIpc) is 2.64. The van der Waals surface area contributed by atoms with Crippen LogP contribution in [0.1, 0.15) is 16.8 Å². The first kappa shape index (κ1) is 11.9. The van der Waals surface area contributed by atoms with Crippen molar-refractivity contribution in [3.63, 3.8) is 0 Å². The molecule has 90 valence electrons. The zero-order chi connectivity index (χ0) is 12.4. The zero-order valence-corrected chi connectivity index (χ0v) is 10.7. The summed E-state index contributed by atoms with van der Waals surface area (Å²) in [6.07, 6.45) is 0.832. The Balaban J connectivity index is 2.48. The lowest BCUT2D eigenvalue weighted by Crippen LogP contribution is -2.03. The molecule has 2 N–H and O–H groups in total. The summed E-state index contributed by atoms with van der Waals surface area (Å²) < 4.78 is 1.94. The highest BCUT2D eigenvalue weighted by atomic mass is 15.3. The number of aryl methyl sites for hydroxylation is 3. The highest BCUT2D eigenvalue weighted by molar-refractivity contribution is 5.65. The van der Waals surface area contributed by atoms with Crippen molar-refractivity contribution in [3.8, 4) is 11.3 Å². The van der Waals surface area contributed by atoms with E-state index in [2.05, 4.69) is 43.2 Å². The Morgan fingerprint density at radius 1 is 1.24 bits per heavy atom. The Hall–Kier alpha value is -1.61. The van der Waals surface area contributed by atoms with Gasteiger partial charge in [0.1, 0.15) is 0 Å². The van der Waals surface area contributed by atoms with Crippen molar-refractivity contribution in [3.05, 3.63) is 41.1 Å². The number of nitrogens with two attached hydrogens (primary N) is 1. The molecule has 0 radical (unpaired) electrons. The van der Waals surface area contributed by atoms with Crippen LogP contribution in [0.25, 0.3) is 11.3 Å². The van der Waals surface area contributed by atoms with Gasteiger partial charge in [0.15, 0.2) is 0 Å². The molecule has 0 saturated carbocycles. The van der Waals surface area contributed by atoms with Crippen molar-refractivity contribution in [2.75, 3.05) is 6.54 Å². The van der Waals surface area contributed by atoms with Gasteiger partial charge in [-0.1, -0.05) is 17.7 Å². The number of aromatic nitrogens is 2. The van der Waals surface area contributed by atoms with Gasteiger partial charge < -0.3 is 5.73 Å². The summed E-state index contributed by atoms with van der Waals surface area (Å²) in [6.45, 7) is 4.88. The molecule has 0 bridgehead atoms. The van der Waals surface area contributed by atoms with Crippen LogP contribution in [0.3, 0.4) is 0 Å². The number of nitrogens with zero attached hydrogens (tertiary/aromatic N) is 2. The van der Waals surface area contributed by atoms with Gasteiger partial charge in [-0.15, -0.1) is 0 Å². The highest BCUT2D eigenvalue weighted by Crippen LogP contribution is 2.24. The monoisotopic (exact) mass is 229 g/mol. The van der Waals surface area contributed by atoms with Crippen LogP contribution in [0.5, 0.6) is 0 Å². The molecule has 0 aliphatic carbocycles. The molecule has 0 spiro atoms. The predicted octanol–water partition coefficient (Wildman–Crippen LogP) is 2.21. The summed E-state index contributed by atoms with van der Waals surface area (Å²) in [4.78, 5) is 0. The lowest BCUT2D eigenvalue weighted by molar-refractivity contribution is 0.745. The molecule has 1 heterocycles. The minimum atomic E-state index is 0.642. The molecule has 3 heteroatoms. The van der Waals surface area contributed by atoms with Crippen molar-refractivity contribution in [2.24, 2.45) is 12.8 Å². The summed E-state index contributed by atoms with van der Waals surface area (Å²) in [5.74, 6) is 0. The van der Waals surface area contributed by atoms with E-state index in [1.54, 1.807) is 0 Å². The number of hydrogen-bond acceptors (Lipinski definition) is 2. The van der Waals surface area contributed by atoms with Crippen LogP contribution in [-0.2, 0) is 13.5 Å². The average molecular weight is 229 g/mol. The van der Waals surface area contributed by atoms with E-state index in [1.807, 2.05) is 11.7 Å². The summed E-state index contributed by atoms with van der Waals surface area (Å²) >= 11 is 0. The molecule has 0 atom stereocenters. The first-order valence-corrected chi connectivity index (χ1v) is 5.92. The molecule has 0 amide bonds. The molecule has 0 saturated heterocycles. The minimum Gasteiger partial charge on any atom is -0.330 e. The molecule has 0 unspecified atom stereocenters. The Morgan fingerprint density at radius 3 is 2.71 bits per heavy atom. The topological polar surface area (TPSA) is 43.8 Å². The second kappa shape index (κ2) is 4.72. The van der Waals surface area contributed by atoms with Gasteiger partial charge in [-0.3, -0.25) is 4.68 Å². The fourth-order valence-electron chi connectivity index (χ4n) is 2.06. The molecule has 0 fully saturated rings. The van der Waals surface area contributed by atoms with Gasteiger partial charge in [0, 0.05) is 19.0 Å². The maximum atomic E-state index is 5.56. The fraction of sp³-hybridized carbons (Fsp3) is 0.357. The van der Waals surface area contributed by atoms with Gasteiger partial charge in [0.25, 0.3) is 0 Å². The zero-order valence-electron chi connectivity index (χ0n) is 10.7. The first-order chi connectivity index (χ1) is 8.11. The van der Waals surface area contributed by atoms with E-state index < -0.39 is 0 Å². The Morgan fingerprint density at radius 2 is 2.00 bits per heavy atom. The molecule has 3 nitrogen and oxygen atoms in total. The Labute approximate surface area is 102 Å². The van der Waals surface area contributed by atoms with Crippen LogP contribution >= 0.6 is 0 Å². The summed E-state index contributed by atoms with van der Waals surface area (Å²) in [5.41, 5.74) is 11.6. The molecular weight excluding hydrogens is 210 g/mol. The molecule has 2 aromatic rings. The highest BCUT2D eigenvalue weighted by Gasteiger charge is 2.09. The molecular formula is C14H19N3. The van der Waals surface area contributed by atoms with Crippen LogP contribution < -0.4 is 5.73 Å². The lowest BCUT2D eigenvalue weighted by atomic mass is 10.0. The van der Waals surface area contributed by atoms with Crippen LogP contribution in [0, 0.1) is 13.8 Å². The van der Waals surface area contributed by atoms with Crippen molar-refractivity contribution < 1.29 is 0 Å². The molecule has 0 aliphatic heterocycles. The first-order valence-electron chi connectivity index (χ1n) is 5.92. The molecule has 2 rings (SSSR count). The third-order valence-electron chi connectivity index (χ3n) is 3.00. The number of hydrogen-bond donors (Lipinski definition) is 1. The summed E-state index contributed by atoms with van der Waals surface area (Å²) in [6, 6.07) is 8.63. The number of rotatable bonds is 3. The molecule has 17 heavy (non-hydrogen) atoms. The van der Waals surface area contributed by atoms with E-state index in [1.165, 1.54) is 16.7 Å². The third kappa shape index (κ3) is 2.39. The van der Waals surface area contributed by atoms with E-state index in [4.69, 9.17) is 5.73 Å². The van der Waals surface area contributed by atoms with Gasteiger partial charge >= 0.3 is 0 Å². The Bertz CT molecular complexity index is 526. The summed E-state index contributed by atoms with van der Waals surface area (Å²) in [5, 5.41) is 4.48. The smallest absolute Gasteiger partial charge is 0.0684 e. The van der Waals surface area contributed by atoms with E-state index >= 15 is 0 Å². The second-order valence-electron chi connectivity index (χ2n) is 4.50. The van der Waals surface area contributed by atoms with Gasteiger partial charge in [-0.25, -0.2) is 0 Å². The maximum Gasteiger partial charge on any atom is 0.0684 e. The van der Waals surface area contributed by atoms with Crippen molar-refractivity contribution in [1.82, 2.24) is 9.78 Å². The van der Waals surface area contributed by atoms with Crippen LogP contribution in [0.4, 0.5) is 0 Å². The maximum absolute atomic E-state index is 5.56. The van der Waals surface area contributed by atoms with Crippen LogP contribution in [-0.4, -0.2) is 16.3 Å². The minimum absolute atomic E-state index is 0.642. The second-order valence-corrected chi connectivity index (χ2v) is 4.50. The SMILES string of the molecule is Cc1ccc(C)c(-c2cc(CCN)nn2C)c1. The third-order valence-corrected chi connectivity index (χ3v) is 3.00. The van der Waals surface area contributed by atoms with Gasteiger partial charge in [0.05, 0.1) is 11.4 Å². The van der Waals surface area contributed by atoms with E-state index in [-0.39, 0.29) is 0 Å². The van der Waals surface area contributed by atoms with Gasteiger partial charge in [-0.05, 0) is 38.1 Å². The van der Waals surface area contributed by atoms with Gasteiger partial charge in [-0.2, -0.15) is 5.10 Å².